The van der Waals surface area contributed by atoms with E-state index in [1.807, 2.05) is 0 Å². The Kier molecular flexibility index (Phi) is 2.80. The lowest BCUT2D eigenvalue weighted by atomic mass is 10.2. The summed E-state index contributed by atoms with van der Waals surface area (Å²) in [5.74, 6) is -0.862. The Morgan fingerprint density at radius 3 is 2.38 bits per heavy atom. The van der Waals surface area contributed by atoms with Crippen LogP contribution in [0.25, 0.3) is 0 Å². The Bertz CT molecular complexity index is 471. The van der Waals surface area contributed by atoms with Crippen molar-refractivity contribution < 1.29 is 14.0 Å². The van der Waals surface area contributed by atoms with Gasteiger partial charge in [0.1, 0.15) is 5.82 Å². The van der Waals surface area contributed by atoms with Crippen molar-refractivity contribution in [2.75, 3.05) is 4.90 Å². The van der Waals surface area contributed by atoms with Crippen molar-refractivity contribution in [2.45, 2.75) is 19.8 Å². The average molecular weight is 286 g/mol. The van der Waals surface area contributed by atoms with Gasteiger partial charge in [0.15, 0.2) is 0 Å². The van der Waals surface area contributed by atoms with Gasteiger partial charge in [0.25, 0.3) is 0 Å². The van der Waals surface area contributed by atoms with Gasteiger partial charge in [-0.15, -0.1) is 0 Å². The zero-order chi connectivity index (χ0) is 11.9. The first-order valence-corrected chi connectivity index (χ1v) is 5.61. The number of rotatable bonds is 1. The number of anilines is 1. The molecule has 5 heteroatoms. The van der Waals surface area contributed by atoms with Gasteiger partial charge < -0.3 is 0 Å². The van der Waals surface area contributed by atoms with Crippen molar-refractivity contribution in [1.29, 1.82) is 0 Å². The van der Waals surface area contributed by atoms with Gasteiger partial charge in [-0.25, -0.2) is 4.39 Å². The summed E-state index contributed by atoms with van der Waals surface area (Å²) >= 11 is 3.04. The number of hydrogen-bond donors (Lipinski definition) is 0. The molecule has 1 fully saturated rings. The van der Waals surface area contributed by atoms with Gasteiger partial charge in [-0.3, -0.25) is 14.5 Å². The Hall–Kier alpha value is -1.23. The van der Waals surface area contributed by atoms with Crippen LogP contribution in [0.15, 0.2) is 16.6 Å². The summed E-state index contributed by atoms with van der Waals surface area (Å²) in [7, 11) is 0. The van der Waals surface area contributed by atoms with Gasteiger partial charge in [-0.1, -0.05) is 0 Å². The van der Waals surface area contributed by atoms with Crippen LogP contribution in [0.2, 0.25) is 0 Å². The molecule has 3 nitrogen and oxygen atoms in total. The summed E-state index contributed by atoms with van der Waals surface area (Å²) in [6, 6.07) is 2.77. The SMILES string of the molecule is Cc1cc(F)c(Br)cc1N1C(=O)CCC1=O. The fraction of sp³-hybridized carbons (Fsp3) is 0.273. The lowest BCUT2D eigenvalue weighted by Gasteiger charge is -2.17. The van der Waals surface area contributed by atoms with Gasteiger partial charge in [0.2, 0.25) is 11.8 Å². The molecule has 1 aromatic carbocycles. The maximum Gasteiger partial charge on any atom is 0.234 e. The summed E-state index contributed by atoms with van der Waals surface area (Å²) in [6.45, 7) is 1.67. The molecule has 0 aromatic heterocycles. The molecule has 0 radical (unpaired) electrons. The second kappa shape index (κ2) is 3.97. The molecular weight excluding hydrogens is 277 g/mol. The molecule has 2 rings (SSSR count). The smallest absolute Gasteiger partial charge is 0.234 e. The van der Waals surface area contributed by atoms with E-state index in [1.54, 1.807) is 6.92 Å². The molecular formula is C11H9BrFNO2. The number of nitrogens with zero attached hydrogens (tertiary/aromatic N) is 1. The van der Waals surface area contributed by atoms with Crippen LogP contribution in [0.4, 0.5) is 10.1 Å². The first-order chi connectivity index (χ1) is 7.50. The number of halogens is 2. The molecule has 1 heterocycles. The number of imide groups is 1. The first-order valence-electron chi connectivity index (χ1n) is 4.82. The summed E-state index contributed by atoms with van der Waals surface area (Å²) in [5.41, 5.74) is 1.03. The van der Waals surface area contributed by atoms with E-state index in [9.17, 15) is 14.0 Å². The highest BCUT2D eigenvalue weighted by molar-refractivity contribution is 9.10. The highest BCUT2D eigenvalue weighted by atomic mass is 79.9. The Balaban J connectivity index is 2.51. The third-order valence-corrected chi connectivity index (χ3v) is 3.14. The Labute approximate surface area is 100 Å². The largest absolute Gasteiger partial charge is 0.274 e. The minimum Gasteiger partial charge on any atom is -0.274 e. The van der Waals surface area contributed by atoms with Crippen molar-refractivity contribution in [2.24, 2.45) is 0 Å². The standard InChI is InChI=1S/C11H9BrFNO2/c1-6-4-8(13)7(12)5-9(6)14-10(15)2-3-11(14)16/h4-5H,2-3H2,1H3. The van der Waals surface area contributed by atoms with Crippen LogP contribution in [-0.4, -0.2) is 11.8 Å². The lowest BCUT2D eigenvalue weighted by Crippen LogP contribution is -2.29. The van der Waals surface area contributed by atoms with Crippen LogP contribution in [-0.2, 0) is 9.59 Å². The molecule has 0 unspecified atom stereocenters. The van der Waals surface area contributed by atoms with Gasteiger partial charge in [-0.2, -0.15) is 0 Å². The zero-order valence-electron chi connectivity index (χ0n) is 8.59. The van der Waals surface area contributed by atoms with Crippen LogP contribution in [0, 0.1) is 12.7 Å². The molecule has 0 atom stereocenters. The number of benzene rings is 1. The summed E-state index contributed by atoms with van der Waals surface area (Å²) in [4.78, 5) is 24.2. The number of aryl methyl sites for hydroxylation is 1. The second-order valence-electron chi connectivity index (χ2n) is 3.68. The van der Waals surface area contributed by atoms with E-state index in [0.717, 1.165) is 4.90 Å². The Morgan fingerprint density at radius 2 is 1.81 bits per heavy atom. The first kappa shape index (κ1) is 11.3. The van der Waals surface area contributed by atoms with Crippen molar-refractivity contribution in [3.63, 3.8) is 0 Å². The van der Waals surface area contributed by atoms with Crippen LogP contribution in [0.3, 0.4) is 0 Å². The third-order valence-electron chi connectivity index (χ3n) is 2.53. The maximum atomic E-state index is 13.2. The molecule has 0 bridgehead atoms. The van der Waals surface area contributed by atoms with Crippen molar-refractivity contribution in [3.05, 3.63) is 28.0 Å². The van der Waals surface area contributed by atoms with Gasteiger partial charge >= 0.3 is 0 Å². The predicted molar refractivity (Wildman–Crippen MR) is 60.6 cm³/mol. The summed E-state index contributed by atoms with van der Waals surface area (Å²) in [6.07, 6.45) is 0.459. The normalized spacial score (nSPS) is 16.1. The maximum absolute atomic E-state index is 13.2. The fourth-order valence-electron chi connectivity index (χ4n) is 1.72. The molecule has 1 aliphatic heterocycles. The zero-order valence-corrected chi connectivity index (χ0v) is 10.2. The van der Waals surface area contributed by atoms with E-state index in [2.05, 4.69) is 15.9 Å². The molecule has 16 heavy (non-hydrogen) atoms. The van der Waals surface area contributed by atoms with Crippen LogP contribution >= 0.6 is 15.9 Å². The third kappa shape index (κ3) is 1.75. The molecule has 1 aromatic rings. The molecule has 1 saturated heterocycles. The highest BCUT2D eigenvalue weighted by Crippen LogP contribution is 2.30. The molecule has 0 aliphatic carbocycles. The fourth-order valence-corrected chi connectivity index (χ4v) is 2.05. The highest BCUT2D eigenvalue weighted by Gasteiger charge is 2.31. The van der Waals surface area contributed by atoms with E-state index in [4.69, 9.17) is 0 Å². The van der Waals surface area contributed by atoms with Crippen molar-refractivity contribution >= 4 is 33.4 Å². The number of amides is 2. The van der Waals surface area contributed by atoms with Crippen LogP contribution in [0.5, 0.6) is 0 Å². The average Bonchev–Trinajstić information content (AvgIpc) is 2.53. The number of carbonyl (C=O) groups is 2. The molecule has 84 valence electrons. The van der Waals surface area contributed by atoms with Crippen LogP contribution < -0.4 is 4.90 Å². The van der Waals surface area contributed by atoms with Gasteiger partial charge in [-0.05, 0) is 40.5 Å². The molecule has 1 aliphatic rings. The minimum atomic E-state index is -0.402. The van der Waals surface area contributed by atoms with E-state index in [1.165, 1.54) is 12.1 Å². The van der Waals surface area contributed by atoms with E-state index in [-0.39, 0.29) is 29.1 Å². The van der Waals surface area contributed by atoms with Gasteiger partial charge in [0.05, 0.1) is 10.2 Å². The molecule has 0 N–H and O–H groups in total. The monoisotopic (exact) mass is 285 g/mol. The summed E-state index contributed by atoms with van der Waals surface area (Å²) in [5, 5.41) is 0. The topological polar surface area (TPSA) is 37.4 Å². The Morgan fingerprint density at radius 1 is 1.25 bits per heavy atom. The summed E-state index contributed by atoms with van der Waals surface area (Å²) < 4.78 is 13.5. The molecule has 2 amide bonds. The minimum absolute atomic E-state index is 0.229. The predicted octanol–water partition coefficient (Wildman–Crippen LogP) is 2.55. The van der Waals surface area contributed by atoms with Crippen molar-refractivity contribution in [3.8, 4) is 0 Å². The van der Waals surface area contributed by atoms with E-state index in [0.29, 0.717) is 11.3 Å². The van der Waals surface area contributed by atoms with E-state index >= 15 is 0 Å². The lowest BCUT2D eigenvalue weighted by molar-refractivity contribution is -0.121. The second-order valence-corrected chi connectivity index (χ2v) is 4.53. The van der Waals surface area contributed by atoms with E-state index < -0.39 is 5.82 Å². The quantitative estimate of drug-likeness (QED) is 0.744. The number of carbonyl (C=O) groups excluding carboxylic acids is 2. The number of hydrogen-bond acceptors (Lipinski definition) is 2. The molecule has 0 spiro atoms. The van der Waals surface area contributed by atoms with Gasteiger partial charge in [0, 0.05) is 12.8 Å². The van der Waals surface area contributed by atoms with Crippen LogP contribution in [0.1, 0.15) is 18.4 Å². The molecule has 0 saturated carbocycles. The van der Waals surface area contributed by atoms with Crippen molar-refractivity contribution in [1.82, 2.24) is 0 Å².